The highest BCUT2D eigenvalue weighted by Gasteiger charge is 2.36. The normalized spacial score (nSPS) is 27.3. The number of hydrogen-bond acceptors (Lipinski definition) is 2. The van der Waals surface area contributed by atoms with E-state index in [-0.39, 0.29) is 22.1 Å². The first kappa shape index (κ1) is 16.7. The van der Waals surface area contributed by atoms with E-state index in [0.29, 0.717) is 0 Å². The van der Waals surface area contributed by atoms with Crippen LogP contribution in [-0.4, -0.2) is 15.5 Å². The van der Waals surface area contributed by atoms with Crippen LogP contribution in [0.15, 0.2) is 29.2 Å². The zero-order valence-corrected chi connectivity index (χ0v) is 14.8. The summed E-state index contributed by atoms with van der Waals surface area (Å²) in [5.74, 6) is 0. The Morgan fingerprint density at radius 3 is 2.29 bits per heavy atom. The van der Waals surface area contributed by atoms with Crippen LogP contribution >= 0.6 is 0 Å². The fourth-order valence-corrected chi connectivity index (χ4v) is 4.85. The van der Waals surface area contributed by atoms with Gasteiger partial charge in [-0.3, -0.25) is 4.21 Å². The molecule has 1 aromatic rings. The van der Waals surface area contributed by atoms with Gasteiger partial charge in [-0.1, -0.05) is 46.8 Å². The van der Waals surface area contributed by atoms with Crippen molar-refractivity contribution in [1.82, 2.24) is 0 Å². The number of nitrogens with two attached hydrogens (primary N) is 1. The van der Waals surface area contributed by atoms with Crippen LogP contribution in [0.1, 0.15) is 59.4 Å². The molecule has 0 amide bonds. The van der Waals surface area contributed by atoms with Gasteiger partial charge in [-0.15, -0.1) is 0 Å². The molecule has 3 heteroatoms. The highest BCUT2D eigenvalue weighted by Crippen LogP contribution is 2.38. The molecule has 1 aromatic carbocycles. The van der Waals surface area contributed by atoms with E-state index in [2.05, 4.69) is 46.8 Å². The Kier molecular flexibility index (Phi) is 4.65. The van der Waals surface area contributed by atoms with Crippen LogP contribution in [0.2, 0.25) is 0 Å². The fraction of sp³-hybridized carbons (Fsp3) is 0.667. The lowest BCUT2D eigenvalue weighted by Crippen LogP contribution is -2.45. The Morgan fingerprint density at radius 2 is 1.76 bits per heavy atom. The van der Waals surface area contributed by atoms with Crippen LogP contribution in [0.5, 0.6) is 0 Å². The summed E-state index contributed by atoms with van der Waals surface area (Å²) < 4.78 is 12.9. The Bertz CT molecular complexity index is 513. The van der Waals surface area contributed by atoms with Gasteiger partial charge in [0.05, 0.1) is 16.0 Å². The van der Waals surface area contributed by atoms with Crippen molar-refractivity contribution in [2.45, 2.75) is 75.5 Å². The summed E-state index contributed by atoms with van der Waals surface area (Å²) in [7, 11) is -1.01. The zero-order chi connectivity index (χ0) is 15.8. The SMILES string of the molecule is CC1(C)CCC(N)C(S(=O)c2ccc(C(C)(C)C)cc2)C1. The molecule has 0 aliphatic heterocycles. The topological polar surface area (TPSA) is 43.1 Å². The second kappa shape index (κ2) is 5.85. The number of benzene rings is 1. The van der Waals surface area contributed by atoms with E-state index in [1.54, 1.807) is 0 Å². The van der Waals surface area contributed by atoms with Gasteiger partial charge in [0, 0.05) is 10.9 Å². The molecule has 1 saturated carbocycles. The lowest BCUT2D eigenvalue weighted by molar-refractivity contribution is 0.230. The maximum Gasteiger partial charge on any atom is 0.0576 e. The van der Waals surface area contributed by atoms with Gasteiger partial charge >= 0.3 is 0 Å². The first-order valence-corrected chi connectivity index (χ1v) is 9.08. The standard InChI is InChI=1S/C18H29NOS/c1-17(2,3)13-6-8-14(9-7-13)21(20)16-12-18(4,5)11-10-15(16)19/h6-9,15-16H,10-12,19H2,1-5H3. The van der Waals surface area contributed by atoms with Crippen molar-refractivity contribution in [1.29, 1.82) is 0 Å². The summed E-state index contributed by atoms with van der Waals surface area (Å²) >= 11 is 0. The first-order chi connectivity index (χ1) is 9.60. The van der Waals surface area contributed by atoms with Gasteiger partial charge in [0.15, 0.2) is 0 Å². The molecule has 0 bridgehead atoms. The highest BCUT2D eigenvalue weighted by molar-refractivity contribution is 7.85. The Labute approximate surface area is 132 Å². The van der Waals surface area contributed by atoms with Gasteiger partial charge in [0.25, 0.3) is 0 Å². The summed E-state index contributed by atoms with van der Waals surface area (Å²) in [5.41, 5.74) is 7.90. The summed E-state index contributed by atoms with van der Waals surface area (Å²) in [6.07, 6.45) is 3.05. The maximum absolute atomic E-state index is 12.9. The van der Waals surface area contributed by atoms with Crippen LogP contribution in [0.4, 0.5) is 0 Å². The molecule has 0 radical (unpaired) electrons. The predicted octanol–water partition coefficient (Wildman–Crippen LogP) is 4.00. The quantitative estimate of drug-likeness (QED) is 0.897. The molecule has 2 nitrogen and oxygen atoms in total. The molecule has 21 heavy (non-hydrogen) atoms. The third-order valence-corrected chi connectivity index (χ3v) is 6.42. The lowest BCUT2D eigenvalue weighted by Gasteiger charge is -2.38. The Balaban J connectivity index is 2.19. The van der Waals surface area contributed by atoms with Crippen LogP contribution in [0, 0.1) is 5.41 Å². The highest BCUT2D eigenvalue weighted by atomic mass is 32.2. The third-order valence-electron chi connectivity index (χ3n) is 4.61. The Hall–Kier alpha value is -0.670. The maximum atomic E-state index is 12.9. The first-order valence-electron chi connectivity index (χ1n) is 7.87. The smallest absolute Gasteiger partial charge is 0.0576 e. The summed E-state index contributed by atoms with van der Waals surface area (Å²) in [6, 6.07) is 8.30. The molecule has 0 aromatic heterocycles. The van der Waals surface area contributed by atoms with E-state index in [1.807, 2.05) is 12.1 Å². The number of rotatable bonds is 2. The molecule has 2 N–H and O–H groups in total. The largest absolute Gasteiger partial charge is 0.327 e. The van der Waals surface area contributed by atoms with Crippen LogP contribution < -0.4 is 5.73 Å². The van der Waals surface area contributed by atoms with Crippen molar-refractivity contribution >= 4 is 10.8 Å². The minimum Gasteiger partial charge on any atom is -0.327 e. The Morgan fingerprint density at radius 1 is 1.19 bits per heavy atom. The van der Waals surface area contributed by atoms with E-state index in [0.717, 1.165) is 24.2 Å². The molecular formula is C18H29NOS. The molecule has 0 heterocycles. The minimum absolute atomic E-state index is 0.0566. The molecule has 1 fully saturated rings. The van der Waals surface area contributed by atoms with E-state index in [9.17, 15) is 4.21 Å². The molecule has 1 aliphatic carbocycles. The van der Waals surface area contributed by atoms with Crippen molar-refractivity contribution < 1.29 is 4.21 Å². The second-order valence-electron chi connectivity index (χ2n) is 8.18. The molecule has 3 unspecified atom stereocenters. The predicted molar refractivity (Wildman–Crippen MR) is 90.9 cm³/mol. The van der Waals surface area contributed by atoms with E-state index in [1.165, 1.54) is 5.56 Å². The van der Waals surface area contributed by atoms with Crippen molar-refractivity contribution in [2.24, 2.45) is 11.1 Å². The summed E-state index contributed by atoms with van der Waals surface area (Å²) in [6.45, 7) is 11.1. The average Bonchev–Trinajstić information content (AvgIpc) is 2.40. The van der Waals surface area contributed by atoms with Crippen molar-refractivity contribution in [3.8, 4) is 0 Å². The summed E-state index contributed by atoms with van der Waals surface area (Å²) in [4.78, 5) is 0.918. The van der Waals surface area contributed by atoms with Gasteiger partial charge in [0.2, 0.25) is 0 Å². The molecule has 0 spiro atoms. The van der Waals surface area contributed by atoms with Crippen LogP contribution in [0.3, 0.4) is 0 Å². The molecular weight excluding hydrogens is 278 g/mol. The van der Waals surface area contributed by atoms with Crippen molar-refractivity contribution in [3.63, 3.8) is 0 Å². The van der Waals surface area contributed by atoms with Crippen LogP contribution in [-0.2, 0) is 16.2 Å². The minimum atomic E-state index is -1.01. The molecule has 1 aliphatic rings. The van der Waals surface area contributed by atoms with Gasteiger partial charge < -0.3 is 5.73 Å². The van der Waals surface area contributed by atoms with E-state index < -0.39 is 10.8 Å². The molecule has 3 atom stereocenters. The van der Waals surface area contributed by atoms with Gasteiger partial charge in [-0.05, 0) is 47.8 Å². The molecule has 2 rings (SSSR count). The zero-order valence-electron chi connectivity index (χ0n) is 14.0. The van der Waals surface area contributed by atoms with Crippen LogP contribution in [0.25, 0.3) is 0 Å². The van der Waals surface area contributed by atoms with E-state index in [4.69, 9.17) is 5.73 Å². The number of hydrogen-bond donors (Lipinski definition) is 1. The van der Waals surface area contributed by atoms with Gasteiger partial charge in [-0.2, -0.15) is 0 Å². The second-order valence-corrected chi connectivity index (χ2v) is 9.85. The third kappa shape index (κ3) is 3.95. The van der Waals surface area contributed by atoms with Gasteiger partial charge in [0.1, 0.15) is 0 Å². The average molecular weight is 308 g/mol. The monoisotopic (exact) mass is 307 g/mol. The van der Waals surface area contributed by atoms with Crippen molar-refractivity contribution in [3.05, 3.63) is 29.8 Å². The molecule has 0 saturated heterocycles. The summed E-state index contributed by atoms with van der Waals surface area (Å²) in [5, 5.41) is 0.0780. The van der Waals surface area contributed by atoms with Gasteiger partial charge in [-0.25, -0.2) is 0 Å². The van der Waals surface area contributed by atoms with E-state index >= 15 is 0 Å². The van der Waals surface area contributed by atoms with Crippen molar-refractivity contribution in [2.75, 3.05) is 0 Å². The fourth-order valence-electron chi connectivity index (χ4n) is 3.04. The molecule has 118 valence electrons. The lowest BCUT2D eigenvalue weighted by atomic mass is 9.75.